The van der Waals surface area contributed by atoms with Gasteiger partial charge in [0.15, 0.2) is 10.2 Å². The maximum Gasteiger partial charge on any atom is 0.258 e. The summed E-state index contributed by atoms with van der Waals surface area (Å²) in [6.45, 7) is 0. The van der Waals surface area contributed by atoms with Crippen LogP contribution in [0.25, 0.3) is 21.0 Å². The number of nitrogens with zero attached hydrogens (tertiary/aromatic N) is 1. The summed E-state index contributed by atoms with van der Waals surface area (Å²) in [5.41, 5.74) is 1.17. The molecule has 9 heteroatoms. The molecule has 0 bridgehead atoms. The van der Waals surface area contributed by atoms with Gasteiger partial charge in [0.05, 0.1) is 18.9 Å². The number of anilines is 1. The fraction of sp³-hybridized carbons (Fsp3) is 0.0952. The van der Waals surface area contributed by atoms with Crippen molar-refractivity contribution in [2.45, 2.75) is 0 Å². The Morgan fingerprint density at radius 1 is 1.10 bits per heavy atom. The number of amides is 1. The van der Waals surface area contributed by atoms with E-state index in [4.69, 9.17) is 33.3 Å². The fourth-order valence-corrected chi connectivity index (χ4v) is 4.48. The summed E-state index contributed by atoms with van der Waals surface area (Å²) >= 11 is 12.9. The van der Waals surface area contributed by atoms with Crippen LogP contribution in [0.2, 0.25) is 5.02 Å². The molecule has 1 aromatic heterocycles. The lowest BCUT2D eigenvalue weighted by Crippen LogP contribution is -2.34. The Labute approximate surface area is 186 Å². The number of nitrogens with one attached hydrogen (secondary N) is 2. The molecule has 3 aromatic carbocycles. The maximum atomic E-state index is 12.8. The monoisotopic (exact) mass is 457 g/mol. The number of carbonyl (C=O) groups excluding carboxylic acids is 1. The highest BCUT2D eigenvalue weighted by Gasteiger charge is 2.15. The summed E-state index contributed by atoms with van der Waals surface area (Å²) in [6, 6.07) is 14.4. The zero-order valence-electron chi connectivity index (χ0n) is 16.0. The van der Waals surface area contributed by atoms with E-state index < -0.39 is 0 Å². The third kappa shape index (κ3) is 3.89. The molecule has 0 fully saturated rings. The molecule has 0 atom stereocenters. The molecule has 1 heterocycles. The number of methoxy groups -OCH3 is 2. The van der Waals surface area contributed by atoms with Gasteiger partial charge in [0.1, 0.15) is 17.0 Å². The Balaban J connectivity index is 1.55. The molecular weight excluding hydrogens is 442 g/mol. The summed E-state index contributed by atoms with van der Waals surface area (Å²) < 4.78 is 11.5. The third-order valence-electron chi connectivity index (χ3n) is 4.45. The number of carbonyl (C=O) groups is 1. The van der Waals surface area contributed by atoms with Gasteiger partial charge in [-0.3, -0.25) is 10.1 Å². The van der Waals surface area contributed by atoms with Gasteiger partial charge >= 0.3 is 0 Å². The Morgan fingerprint density at radius 2 is 1.87 bits per heavy atom. The molecule has 2 N–H and O–H groups in total. The largest absolute Gasteiger partial charge is 0.497 e. The summed E-state index contributed by atoms with van der Waals surface area (Å²) in [5.74, 6) is 0.928. The second-order valence-corrected chi connectivity index (χ2v) is 8.09. The molecule has 0 spiro atoms. The number of fused-ring (bicyclic) bond motifs is 2. The number of hydrogen-bond donors (Lipinski definition) is 2. The molecule has 152 valence electrons. The van der Waals surface area contributed by atoms with Crippen LogP contribution in [0, 0.1) is 0 Å². The molecule has 0 aliphatic heterocycles. The highest BCUT2D eigenvalue weighted by molar-refractivity contribution is 7.80. The molecule has 1 amide bonds. The molecule has 0 aliphatic rings. The van der Waals surface area contributed by atoms with E-state index >= 15 is 0 Å². The molecular formula is C21H16ClN3O3S2. The standard InChI is InChI=1S/C21H16ClN3O3S2/c1-27-11-9-16(28-2)18-17(10-11)30-21(23-18)25-20(29)24-19(26)14-7-3-6-13-12(14)5-4-8-15(13)22/h3-10H,1-2H3,(H2,23,24,25,26,29). The molecule has 0 saturated carbocycles. The molecule has 4 rings (SSSR count). The predicted molar refractivity (Wildman–Crippen MR) is 125 cm³/mol. The van der Waals surface area contributed by atoms with E-state index in [0.29, 0.717) is 32.7 Å². The van der Waals surface area contributed by atoms with Crippen LogP contribution in [0.4, 0.5) is 5.13 Å². The van der Waals surface area contributed by atoms with Gasteiger partial charge in [-0.25, -0.2) is 4.98 Å². The van der Waals surface area contributed by atoms with Gasteiger partial charge in [0, 0.05) is 22.0 Å². The summed E-state index contributed by atoms with van der Waals surface area (Å²) in [5, 5.41) is 8.48. The van der Waals surface area contributed by atoms with Crippen LogP contribution in [0.3, 0.4) is 0 Å². The number of halogens is 1. The van der Waals surface area contributed by atoms with E-state index in [1.165, 1.54) is 11.3 Å². The summed E-state index contributed by atoms with van der Waals surface area (Å²) in [6.07, 6.45) is 0. The van der Waals surface area contributed by atoms with Crippen molar-refractivity contribution in [1.82, 2.24) is 10.3 Å². The smallest absolute Gasteiger partial charge is 0.258 e. The van der Waals surface area contributed by atoms with E-state index in [1.54, 1.807) is 44.6 Å². The van der Waals surface area contributed by atoms with Crippen molar-refractivity contribution >= 4 is 72.3 Å². The van der Waals surface area contributed by atoms with Crippen LogP contribution in [0.5, 0.6) is 11.5 Å². The Kier molecular flexibility index (Phi) is 5.72. The first-order valence-corrected chi connectivity index (χ1v) is 10.4. The van der Waals surface area contributed by atoms with Gasteiger partial charge in [0.25, 0.3) is 5.91 Å². The highest BCUT2D eigenvalue weighted by atomic mass is 35.5. The van der Waals surface area contributed by atoms with E-state index in [0.717, 1.165) is 15.5 Å². The Hall–Kier alpha value is -2.94. The molecule has 4 aromatic rings. The summed E-state index contributed by atoms with van der Waals surface area (Å²) in [7, 11) is 3.16. The van der Waals surface area contributed by atoms with Crippen molar-refractivity contribution in [2.75, 3.05) is 19.5 Å². The number of thiazole rings is 1. The number of thiocarbonyl (C=S) groups is 1. The van der Waals surface area contributed by atoms with Gasteiger partial charge in [-0.1, -0.05) is 47.2 Å². The van der Waals surface area contributed by atoms with E-state index in [2.05, 4.69) is 15.6 Å². The minimum absolute atomic E-state index is 0.143. The maximum absolute atomic E-state index is 12.8. The van der Waals surface area contributed by atoms with Gasteiger partial charge in [-0.05, 0) is 35.8 Å². The normalized spacial score (nSPS) is 10.8. The van der Waals surface area contributed by atoms with E-state index in [-0.39, 0.29) is 11.0 Å². The number of rotatable bonds is 4. The lowest BCUT2D eigenvalue weighted by atomic mass is 10.0. The Morgan fingerprint density at radius 3 is 2.63 bits per heavy atom. The molecule has 0 unspecified atom stereocenters. The van der Waals surface area contributed by atoms with Crippen LogP contribution >= 0.6 is 35.2 Å². The average molecular weight is 458 g/mol. The van der Waals surface area contributed by atoms with Crippen LogP contribution in [0.15, 0.2) is 48.5 Å². The first-order chi connectivity index (χ1) is 14.5. The van der Waals surface area contributed by atoms with Crippen molar-refractivity contribution in [1.29, 1.82) is 0 Å². The number of benzene rings is 3. The van der Waals surface area contributed by atoms with E-state index in [9.17, 15) is 4.79 Å². The van der Waals surface area contributed by atoms with Crippen molar-refractivity contribution in [3.05, 3.63) is 59.1 Å². The number of aromatic nitrogens is 1. The van der Waals surface area contributed by atoms with Crippen LogP contribution < -0.4 is 20.1 Å². The fourth-order valence-electron chi connectivity index (χ4n) is 3.07. The molecule has 0 aliphatic carbocycles. The van der Waals surface area contributed by atoms with Crippen LogP contribution in [-0.4, -0.2) is 30.2 Å². The Bertz CT molecular complexity index is 1290. The molecule has 30 heavy (non-hydrogen) atoms. The first-order valence-electron chi connectivity index (χ1n) is 8.82. The van der Waals surface area contributed by atoms with Gasteiger partial charge in [0.2, 0.25) is 0 Å². The number of ether oxygens (including phenoxy) is 2. The second-order valence-electron chi connectivity index (χ2n) is 6.24. The lowest BCUT2D eigenvalue weighted by molar-refractivity contribution is 0.0979. The summed E-state index contributed by atoms with van der Waals surface area (Å²) in [4.78, 5) is 17.3. The molecule has 6 nitrogen and oxygen atoms in total. The lowest BCUT2D eigenvalue weighted by Gasteiger charge is -2.10. The van der Waals surface area contributed by atoms with Crippen LogP contribution in [0.1, 0.15) is 10.4 Å². The predicted octanol–water partition coefficient (Wildman–Crippen LogP) is 5.25. The topological polar surface area (TPSA) is 72.5 Å². The first kappa shape index (κ1) is 20.3. The highest BCUT2D eigenvalue weighted by Crippen LogP contribution is 2.36. The minimum Gasteiger partial charge on any atom is -0.497 e. The zero-order chi connectivity index (χ0) is 21.3. The van der Waals surface area contributed by atoms with Gasteiger partial charge < -0.3 is 14.8 Å². The SMILES string of the molecule is COc1cc(OC)c2nc(NC(=S)NC(=O)c3cccc4c(Cl)cccc34)sc2c1. The second kappa shape index (κ2) is 8.43. The third-order valence-corrected chi connectivity index (χ3v) is 5.90. The van der Waals surface area contributed by atoms with Crippen molar-refractivity contribution in [3.63, 3.8) is 0 Å². The zero-order valence-corrected chi connectivity index (χ0v) is 18.4. The van der Waals surface area contributed by atoms with Gasteiger partial charge in [-0.2, -0.15) is 0 Å². The quantitative estimate of drug-likeness (QED) is 0.408. The molecule has 0 saturated heterocycles. The van der Waals surface area contributed by atoms with Crippen molar-refractivity contribution in [2.24, 2.45) is 0 Å². The average Bonchev–Trinajstić information content (AvgIpc) is 3.14. The van der Waals surface area contributed by atoms with Gasteiger partial charge in [-0.15, -0.1) is 0 Å². The number of hydrogen-bond acceptors (Lipinski definition) is 6. The molecule has 0 radical (unpaired) electrons. The van der Waals surface area contributed by atoms with Crippen molar-refractivity contribution in [3.8, 4) is 11.5 Å². The van der Waals surface area contributed by atoms with Crippen molar-refractivity contribution < 1.29 is 14.3 Å². The minimum atomic E-state index is -0.333. The van der Waals surface area contributed by atoms with Crippen LogP contribution in [-0.2, 0) is 0 Å². The van der Waals surface area contributed by atoms with E-state index in [1.807, 2.05) is 18.2 Å².